The highest BCUT2D eigenvalue weighted by atomic mass is 16.1. The summed E-state index contributed by atoms with van der Waals surface area (Å²) in [5, 5.41) is 3.09. The topological polar surface area (TPSA) is 55.1 Å². The molecule has 10 heavy (non-hydrogen) atoms. The van der Waals surface area contributed by atoms with Gasteiger partial charge in [0.05, 0.1) is 6.04 Å². The van der Waals surface area contributed by atoms with Gasteiger partial charge in [0.1, 0.15) is 0 Å². The summed E-state index contributed by atoms with van der Waals surface area (Å²) in [6.45, 7) is 3.10. The first-order chi connectivity index (χ1) is 4.70. The van der Waals surface area contributed by atoms with E-state index in [1.54, 1.807) is 0 Å². The van der Waals surface area contributed by atoms with Gasteiger partial charge >= 0.3 is 0 Å². The van der Waals surface area contributed by atoms with E-state index in [1.807, 2.05) is 0 Å². The lowest BCUT2D eigenvalue weighted by atomic mass is 9.96. The molecule has 1 rings (SSSR count). The molecule has 58 valence electrons. The van der Waals surface area contributed by atoms with E-state index in [2.05, 4.69) is 12.2 Å². The molecule has 0 radical (unpaired) electrons. The number of rotatable bonds is 1. The molecule has 3 heteroatoms. The summed E-state index contributed by atoms with van der Waals surface area (Å²) < 4.78 is 0. The van der Waals surface area contributed by atoms with Crippen molar-refractivity contribution < 1.29 is 4.79 Å². The fraction of sp³-hybridized carbons (Fsp3) is 0.857. The van der Waals surface area contributed by atoms with Crippen molar-refractivity contribution in [2.24, 2.45) is 11.7 Å². The average Bonchev–Trinajstić information content (AvgIpc) is 1.88. The maximum absolute atomic E-state index is 10.6. The third-order valence-electron chi connectivity index (χ3n) is 2.00. The van der Waals surface area contributed by atoms with Gasteiger partial charge in [0.15, 0.2) is 0 Å². The summed E-state index contributed by atoms with van der Waals surface area (Å²) in [5.41, 5.74) is 5.11. The van der Waals surface area contributed by atoms with E-state index in [0.29, 0.717) is 5.92 Å². The lowest BCUT2D eigenvalue weighted by Crippen LogP contribution is -2.46. The van der Waals surface area contributed by atoms with Crippen molar-refractivity contribution in [3.8, 4) is 0 Å². The van der Waals surface area contributed by atoms with Gasteiger partial charge in [-0.3, -0.25) is 4.79 Å². The molecule has 0 aromatic carbocycles. The number of carbonyl (C=O) groups is 1. The third kappa shape index (κ3) is 1.70. The minimum absolute atomic E-state index is 0.0730. The lowest BCUT2D eigenvalue weighted by Gasteiger charge is -2.25. The van der Waals surface area contributed by atoms with Gasteiger partial charge in [0, 0.05) is 0 Å². The summed E-state index contributed by atoms with van der Waals surface area (Å²) >= 11 is 0. The van der Waals surface area contributed by atoms with Crippen LogP contribution in [0.3, 0.4) is 0 Å². The van der Waals surface area contributed by atoms with Crippen LogP contribution in [0.5, 0.6) is 0 Å². The summed E-state index contributed by atoms with van der Waals surface area (Å²) in [6, 6.07) is -0.0730. The zero-order valence-electron chi connectivity index (χ0n) is 6.26. The second kappa shape index (κ2) is 3.01. The van der Waals surface area contributed by atoms with Crippen molar-refractivity contribution in [3.63, 3.8) is 0 Å². The van der Waals surface area contributed by atoms with E-state index in [0.717, 1.165) is 19.4 Å². The average molecular weight is 142 g/mol. The number of carbonyl (C=O) groups excluding carboxylic acids is 1. The maximum atomic E-state index is 10.6. The smallest absolute Gasteiger partial charge is 0.234 e. The van der Waals surface area contributed by atoms with E-state index >= 15 is 0 Å². The number of primary amides is 1. The fourth-order valence-corrected chi connectivity index (χ4v) is 1.24. The Morgan fingerprint density at radius 3 is 2.70 bits per heavy atom. The van der Waals surface area contributed by atoms with E-state index in [4.69, 9.17) is 5.73 Å². The molecule has 1 aliphatic rings. The van der Waals surface area contributed by atoms with Gasteiger partial charge in [-0.25, -0.2) is 0 Å². The van der Waals surface area contributed by atoms with Crippen LogP contribution in [0.1, 0.15) is 19.8 Å². The molecular weight excluding hydrogens is 128 g/mol. The molecule has 0 bridgehead atoms. The molecule has 0 aliphatic carbocycles. The van der Waals surface area contributed by atoms with E-state index in [1.165, 1.54) is 0 Å². The minimum atomic E-state index is -0.216. The number of nitrogens with two attached hydrogens (primary N) is 1. The van der Waals surface area contributed by atoms with E-state index in [-0.39, 0.29) is 11.9 Å². The van der Waals surface area contributed by atoms with Crippen molar-refractivity contribution in [3.05, 3.63) is 0 Å². The number of hydrogen-bond donors (Lipinski definition) is 2. The molecule has 0 unspecified atom stereocenters. The molecule has 0 saturated carbocycles. The van der Waals surface area contributed by atoms with Crippen LogP contribution >= 0.6 is 0 Å². The lowest BCUT2D eigenvalue weighted by molar-refractivity contribution is -0.120. The Labute approximate surface area is 61.0 Å². The second-order valence-electron chi connectivity index (χ2n) is 3.05. The van der Waals surface area contributed by atoms with Crippen LogP contribution in [0.25, 0.3) is 0 Å². The van der Waals surface area contributed by atoms with Crippen molar-refractivity contribution in [2.45, 2.75) is 25.8 Å². The van der Waals surface area contributed by atoms with Gasteiger partial charge in [-0.15, -0.1) is 0 Å². The first-order valence-electron chi connectivity index (χ1n) is 3.73. The molecule has 3 nitrogen and oxygen atoms in total. The summed E-state index contributed by atoms with van der Waals surface area (Å²) in [5.74, 6) is 0.475. The minimum Gasteiger partial charge on any atom is -0.368 e. The Balaban J connectivity index is 2.33. The number of amides is 1. The first kappa shape index (κ1) is 7.54. The summed E-state index contributed by atoms with van der Waals surface area (Å²) in [4.78, 5) is 10.6. The predicted octanol–water partition coefficient (Wildman–Crippen LogP) is -0.140. The van der Waals surface area contributed by atoms with Gasteiger partial charge < -0.3 is 11.1 Å². The van der Waals surface area contributed by atoms with Gasteiger partial charge in [-0.2, -0.15) is 0 Å². The standard InChI is InChI=1S/C7H14N2O/c1-5-2-3-6(7(8)10)9-4-5/h5-6,9H,2-4H2,1H3,(H2,8,10)/t5-,6+/m1/s1. The van der Waals surface area contributed by atoms with Gasteiger partial charge in [0.25, 0.3) is 0 Å². The van der Waals surface area contributed by atoms with Crippen LogP contribution in [0.15, 0.2) is 0 Å². The van der Waals surface area contributed by atoms with Crippen molar-refractivity contribution in [1.82, 2.24) is 5.32 Å². The quantitative estimate of drug-likeness (QED) is 0.535. The van der Waals surface area contributed by atoms with Gasteiger partial charge in [-0.05, 0) is 25.3 Å². The highest BCUT2D eigenvalue weighted by molar-refractivity contribution is 5.79. The summed E-state index contributed by atoms with van der Waals surface area (Å²) in [6.07, 6.45) is 2.01. The highest BCUT2D eigenvalue weighted by Gasteiger charge is 2.20. The molecule has 1 fully saturated rings. The maximum Gasteiger partial charge on any atom is 0.234 e. The largest absolute Gasteiger partial charge is 0.368 e. The molecule has 0 spiro atoms. The Morgan fingerprint density at radius 2 is 2.30 bits per heavy atom. The van der Waals surface area contributed by atoms with Crippen LogP contribution in [-0.2, 0) is 4.79 Å². The normalized spacial score (nSPS) is 33.7. The Hall–Kier alpha value is -0.570. The number of piperidine rings is 1. The fourth-order valence-electron chi connectivity index (χ4n) is 1.24. The zero-order chi connectivity index (χ0) is 7.56. The highest BCUT2D eigenvalue weighted by Crippen LogP contribution is 2.12. The second-order valence-corrected chi connectivity index (χ2v) is 3.05. The van der Waals surface area contributed by atoms with Crippen LogP contribution < -0.4 is 11.1 Å². The first-order valence-corrected chi connectivity index (χ1v) is 3.73. The SMILES string of the molecule is C[C@@H]1CC[C@@H](C(N)=O)NC1. The Morgan fingerprint density at radius 1 is 1.60 bits per heavy atom. The Kier molecular flexibility index (Phi) is 2.27. The molecule has 1 heterocycles. The van der Waals surface area contributed by atoms with Crippen molar-refractivity contribution in [1.29, 1.82) is 0 Å². The molecular formula is C7H14N2O. The van der Waals surface area contributed by atoms with E-state index in [9.17, 15) is 4.79 Å². The van der Waals surface area contributed by atoms with Crippen LogP contribution in [0.4, 0.5) is 0 Å². The third-order valence-corrected chi connectivity index (χ3v) is 2.00. The zero-order valence-corrected chi connectivity index (χ0v) is 6.26. The number of hydrogen-bond acceptors (Lipinski definition) is 2. The van der Waals surface area contributed by atoms with Crippen LogP contribution in [0, 0.1) is 5.92 Å². The predicted molar refractivity (Wildman–Crippen MR) is 39.4 cm³/mol. The number of nitrogens with one attached hydrogen (secondary N) is 1. The van der Waals surface area contributed by atoms with Gasteiger partial charge in [0.2, 0.25) is 5.91 Å². The van der Waals surface area contributed by atoms with E-state index < -0.39 is 0 Å². The van der Waals surface area contributed by atoms with Crippen LogP contribution in [0.2, 0.25) is 0 Å². The van der Waals surface area contributed by atoms with Crippen molar-refractivity contribution >= 4 is 5.91 Å². The van der Waals surface area contributed by atoms with Crippen molar-refractivity contribution in [2.75, 3.05) is 6.54 Å². The molecule has 3 N–H and O–H groups in total. The molecule has 0 aromatic heterocycles. The monoisotopic (exact) mass is 142 g/mol. The molecule has 2 atom stereocenters. The van der Waals surface area contributed by atoms with Crippen LogP contribution in [-0.4, -0.2) is 18.5 Å². The molecule has 0 aromatic rings. The molecule has 1 amide bonds. The summed E-state index contributed by atoms with van der Waals surface area (Å²) in [7, 11) is 0. The molecule has 1 saturated heterocycles. The van der Waals surface area contributed by atoms with Gasteiger partial charge in [-0.1, -0.05) is 6.92 Å². The molecule has 1 aliphatic heterocycles. The Bertz CT molecular complexity index is 128.